The van der Waals surface area contributed by atoms with E-state index in [1.807, 2.05) is 0 Å². The summed E-state index contributed by atoms with van der Waals surface area (Å²) >= 11 is 0. The second-order valence-electron chi connectivity index (χ2n) is 2.41. The molecule has 1 N–H and O–H groups in total. The summed E-state index contributed by atoms with van der Waals surface area (Å²) in [7, 11) is 0. The molecule has 0 aromatic carbocycles. The molecule has 0 fully saturated rings. The van der Waals surface area contributed by atoms with Gasteiger partial charge in [0, 0.05) is 6.20 Å². The molecule has 0 aliphatic carbocycles. The molecule has 0 radical (unpaired) electrons. The van der Waals surface area contributed by atoms with E-state index in [0.717, 1.165) is 4.57 Å². The molecule has 5 heteroatoms. The van der Waals surface area contributed by atoms with Gasteiger partial charge >= 0.3 is 5.97 Å². The molecule has 13 heavy (non-hydrogen) atoms. The first-order valence-corrected chi connectivity index (χ1v) is 3.51. The predicted octanol–water partition coefficient (Wildman–Crippen LogP) is -0.255. The minimum Gasteiger partial charge on any atom is -0.480 e. The second-order valence-corrected chi connectivity index (χ2v) is 2.41. The van der Waals surface area contributed by atoms with Crippen LogP contribution in [0.4, 0.5) is 0 Å². The summed E-state index contributed by atoms with van der Waals surface area (Å²) in [6.07, 6.45) is 1.73. The minimum absolute atomic E-state index is 0.0382. The van der Waals surface area contributed by atoms with Gasteiger partial charge in [-0.15, -0.1) is 0 Å². The molecule has 0 aliphatic rings. The number of aromatic nitrogens is 1. The summed E-state index contributed by atoms with van der Waals surface area (Å²) in [5, 5.41) is 8.41. The number of pyridine rings is 1. The summed E-state index contributed by atoms with van der Waals surface area (Å²) in [5.74, 6) is -1.12. The number of carbonyl (C=O) groups is 2. The van der Waals surface area contributed by atoms with Crippen molar-refractivity contribution in [1.29, 1.82) is 0 Å². The van der Waals surface area contributed by atoms with E-state index in [1.54, 1.807) is 0 Å². The number of aliphatic carboxylic acids is 1. The zero-order valence-corrected chi connectivity index (χ0v) is 6.64. The monoisotopic (exact) mass is 181 g/mol. The Morgan fingerprint density at radius 2 is 2.31 bits per heavy atom. The molecule has 0 saturated carbocycles. The van der Waals surface area contributed by atoms with Crippen molar-refractivity contribution in [3.05, 3.63) is 34.2 Å². The molecule has 0 atom stereocenters. The van der Waals surface area contributed by atoms with Crippen molar-refractivity contribution in [2.45, 2.75) is 6.54 Å². The summed E-state index contributed by atoms with van der Waals surface area (Å²) in [6, 6.07) is 2.79. The van der Waals surface area contributed by atoms with Crippen LogP contribution in [0.3, 0.4) is 0 Å². The van der Waals surface area contributed by atoms with Crippen molar-refractivity contribution in [3.63, 3.8) is 0 Å². The Morgan fingerprint density at radius 3 is 2.85 bits per heavy atom. The maximum absolute atomic E-state index is 11.2. The number of carbonyl (C=O) groups excluding carboxylic acids is 1. The second kappa shape index (κ2) is 3.66. The zero-order chi connectivity index (χ0) is 9.84. The summed E-state index contributed by atoms with van der Waals surface area (Å²) in [4.78, 5) is 31.8. The SMILES string of the molecule is O=Cc1cccn(CC(=O)O)c1=O. The molecule has 1 rings (SSSR count). The number of carboxylic acids is 1. The van der Waals surface area contributed by atoms with Gasteiger partial charge in [0.1, 0.15) is 6.54 Å². The largest absolute Gasteiger partial charge is 0.480 e. The smallest absolute Gasteiger partial charge is 0.323 e. The molecule has 0 amide bonds. The van der Waals surface area contributed by atoms with Crippen molar-refractivity contribution in [3.8, 4) is 0 Å². The lowest BCUT2D eigenvalue weighted by molar-refractivity contribution is -0.137. The predicted molar refractivity (Wildman–Crippen MR) is 43.7 cm³/mol. The van der Waals surface area contributed by atoms with E-state index >= 15 is 0 Å². The zero-order valence-electron chi connectivity index (χ0n) is 6.64. The van der Waals surface area contributed by atoms with Crippen molar-refractivity contribution in [2.24, 2.45) is 0 Å². The molecule has 0 saturated heterocycles. The molecule has 5 nitrogen and oxygen atoms in total. The highest BCUT2D eigenvalue weighted by Crippen LogP contribution is 1.88. The van der Waals surface area contributed by atoms with Crippen molar-refractivity contribution >= 4 is 12.3 Å². The summed E-state index contributed by atoms with van der Waals surface area (Å²) in [6.45, 7) is -0.430. The van der Waals surface area contributed by atoms with Crippen LogP contribution >= 0.6 is 0 Å². The van der Waals surface area contributed by atoms with E-state index in [0.29, 0.717) is 6.29 Å². The van der Waals surface area contributed by atoms with Gasteiger partial charge < -0.3 is 9.67 Å². The Bertz CT molecular complexity index is 393. The molecular formula is C8H7NO4. The third-order valence-electron chi connectivity index (χ3n) is 1.48. The topological polar surface area (TPSA) is 76.4 Å². The molecule has 0 unspecified atom stereocenters. The van der Waals surface area contributed by atoms with Crippen LogP contribution in [0.2, 0.25) is 0 Å². The number of aldehydes is 1. The van der Waals surface area contributed by atoms with Gasteiger partial charge in [-0.25, -0.2) is 0 Å². The van der Waals surface area contributed by atoms with Crippen LogP contribution in [-0.4, -0.2) is 21.9 Å². The van der Waals surface area contributed by atoms with Gasteiger partial charge in [0.2, 0.25) is 0 Å². The maximum atomic E-state index is 11.2. The lowest BCUT2D eigenvalue weighted by Crippen LogP contribution is -2.25. The Labute approximate surface area is 73.2 Å². The Kier molecular flexibility index (Phi) is 2.59. The molecule has 0 spiro atoms. The maximum Gasteiger partial charge on any atom is 0.323 e. The quantitative estimate of drug-likeness (QED) is 0.652. The number of hydrogen-bond donors (Lipinski definition) is 1. The lowest BCUT2D eigenvalue weighted by Gasteiger charge is -2.00. The van der Waals surface area contributed by atoms with Crippen LogP contribution in [0.15, 0.2) is 23.1 Å². The Morgan fingerprint density at radius 1 is 1.62 bits per heavy atom. The third-order valence-corrected chi connectivity index (χ3v) is 1.48. The highest BCUT2D eigenvalue weighted by molar-refractivity contribution is 5.74. The van der Waals surface area contributed by atoms with Crippen LogP contribution < -0.4 is 5.56 Å². The van der Waals surface area contributed by atoms with E-state index in [1.165, 1.54) is 18.3 Å². The van der Waals surface area contributed by atoms with Gasteiger partial charge in [0.15, 0.2) is 6.29 Å². The Hall–Kier alpha value is -1.91. The van der Waals surface area contributed by atoms with E-state index in [-0.39, 0.29) is 5.56 Å². The number of hydrogen-bond acceptors (Lipinski definition) is 3. The highest BCUT2D eigenvalue weighted by Gasteiger charge is 2.04. The van der Waals surface area contributed by atoms with Crippen molar-refractivity contribution < 1.29 is 14.7 Å². The van der Waals surface area contributed by atoms with Gasteiger partial charge in [0.25, 0.3) is 5.56 Å². The molecule has 1 heterocycles. The van der Waals surface area contributed by atoms with Gasteiger partial charge in [-0.3, -0.25) is 14.4 Å². The number of carboxylic acid groups (broad SMARTS) is 1. The number of nitrogens with zero attached hydrogens (tertiary/aromatic N) is 1. The molecule has 1 aromatic rings. The van der Waals surface area contributed by atoms with Gasteiger partial charge in [0.05, 0.1) is 5.56 Å². The standard InChI is InChI=1S/C8H7NO4/c10-5-6-2-1-3-9(8(6)13)4-7(11)12/h1-3,5H,4H2,(H,11,12). The molecule has 0 bridgehead atoms. The van der Waals surface area contributed by atoms with Crippen LogP contribution in [0.5, 0.6) is 0 Å². The highest BCUT2D eigenvalue weighted by atomic mass is 16.4. The lowest BCUT2D eigenvalue weighted by atomic mass is 10.3. The fourth-order valence-corrected chi connectivity index (χ4v) is 0.915. The van der Waals surface area contributed by atoms with Crippen molar-refractivity contribution in [2.75, 3.05) is 0 Å². The van der Waals surface area contributed by atoms with E-state index < -0.39 is 18.1 Å². The summed E-state index contributed by atoms with van der Waals surface area (Å²) in [5.41, 5.74) is -0.622. The molecular weight excluding hydrogens is 174 g/mol. The van der Waals surface area contributed by atoms with Crippen LogP contribution in [0.1, 0.15) is 10.4 Å². The van der Waals surface area contributed by atoms with Crippen LogP contribution in [0, 0.1) is 0 Å². The first-order valence-electron chi connectivity index (χ1n) is 3.51. The van der Waals surface area contributed by atoms with Gasteiger partial charge in [-0.2, -0.15) is 0 Å². The van der Waals surface area contributed by atoms with Crippen molar-refractivity contribution in [1.82, 2.24) is 4.57 Å². The summed E-state index contributed by atoms with van der Waals surface area (Å²) < 4.78 is 0.964. The first kappa shape index (κ1) is 9.18. The fourth-order valence-electron chi connectivity index (χ4n) is 0.915. The van der Waals surface area contributed by atoms with E-state index in [4.69, 9.17) is 5.11 Å². The third kappa shape index (κ3) is 2.02. The van der Waals surface area contributed by atoms with Crippen LogP contribution in [-0.2, 0) is 11.3 Å². The Balaban J connectivity index is 3.16. The van der Waals surface area contributed by atoms with Gasteiger partial charge in [-0.1, -0.05) is 0 Å². The molecule has 0 aliphatic heterocycles. The van der Waals surface area contributed by atoms with E-state index in [9.17, 15) is 14.4 Å². The molecule has 68 valence electrons. The average Bonchev–Trinajstić information content (AvgIpc) is 2.08. The average molecular weight is 181 g/mol. The van der Waals surface area contributed by atoms with Crippen LogP contribution in [0.25, 0.3) is 0 Å². The normalized spacial score (nSPS) is 9.54. The van der Waals surface area contributed by atoms with E-state index in [2.05, 4.69) is 0 Å². The van der Waals surface area contributed by atoms with Gasteiger partial charge in [-0.05, 0) is 12.1 Å². The fraction of sp³-hybridized carbons (Fsp3) is 0.125. The first-order chi connectivity index (χ1) is 6.15. The molecule has 1 aromatic heterocycles. The minimum atomic E-state index is -1.12. The number of rotatable bonds is 3.